The molecule has 0 unspecified atom stereocenters. The highest BCUT2D eigenvalue weighted by Crippen LogP contribution is 2.15. The summed E-state index contributed by atoms with van der Waals surface area (Å²) in [5.41, 5.74) is 0.517. The number of rotatable bonds is 3. The fourth-order valence-corrected chi connectivity index (χ4v) is 2.65. The van der Waals surface area contributed by atoms with Crippen molar-refractivity contribution in [3.05, 3.63) is 40.2 Å². The normalized spacial score (nSPS) is 11.3. The van der Waals surface area contributed by atoms with E-state index in [9.17, 15) is 8.42 Å². The van der Waals surface area contributed by atoms with Gasteiger partial charge in [0.25, 0.3) is 10.0 Å². The van der Waals surface area contributed by atoms with Gasteiger partial charge in [-0.3, -0.25) is 4.72 Å². The quantitative estimate of drug-likeness (QED) is 0.830. The zero-order valence-electron chi connectivity index (χ0n) is 8.01. The van der Waals surface area contributed by atoms with Crippen LogP contribution in [-0.4, -0.2) is 18.4 Å². The van der Waals surface area contributed by atoms with E-state index in [0.717, 1.165) is 3.57 Å². The predicted octanol–water partition coefficient (Wildman–Crippen LogP) is 1.82. The molecule has 0 saturated heterocycles. The van der Waals surface area contributed by atoms with Crippen LogP contribution in [0.2, 0.25) is 0 Å². The number of hydrogen-bond acceptors (Lipinski definition) is 3. The first kappa shape index (κ1) is 11.4. The number of aromatic nitrogens is 2. The summed E-state index contributed by atoms with van der Waals surface area (Å²) in [6.45, 7) is 0. The van der Waals surface area contributed by atoms with E-state index in [-0.39, 0.29) is 5.16 Å². The molecule has 1 aromatic carbocycles. The zero-order valence-corrected chi connectivity index (χ0v) is 11.0. The SMILES string of the molecule is O=S(=O)(Nc1cccc(I)c1)c1ncc[nH]1. The van der Waals surface area contributed by atoms with E-state index in [1.54, 1.807) is 18.2 Å². The summed E-state index contributed by atoms with van der Waals surface area (Å²) < 4.78 is 26.9. The second kappa shape index (κ2) is 4.42. The number of H-pyrrole nitrogens is 1. The number of aromatic amines is 1. The van der Waals surface area contributed by atoms with Crippen molar-refractivity contribution < 1.29 is 8.42 Å². The first-order valence-electron chi connectivity index (χ1n) is 4.36. The van der Waals surface area contributed by atoms with Gasteiger partial charge in [-0.1, -0.05) is 6.07 Å². The van der Waals surface area contributed by atoms with Crippen LogP contribution in [0.5, 0.6) is 0 Å². The van der Waals surface area contributed by atoms with Gasteiger partial charge in [0.1, 0.15) is 0 Å². The number of nitrogens with one attached hydrogen (secondary N) is 2. The van der Waals surface area contributed by atoms with E-state index in [0.29, 0.717) is 5.69 Å². The fraction of sp³-hybridized carbons (Fsp3) is 0. The molecule has 5 nitrogen and oxygen atoms in total. The maximum atomic E-state index is 11.8. The Morgan fingerprint density at radius 1 is 1.38 bits per heavy atom. The van der Waals surface area contributed by atoms with E-state index in [4.69, 9.17) is 0 Å². The first-order valence-corrected chi connectivity index (χ1v) is 6.92. The molecule has 0 aliphatic carbocycles. The second-order valence-corrected chi connectivity index (χ2v) is 5.85. The van der Waals surface area contributed by atoms with Gasteiger partial charge in [0.2, 0.25) is 5.16 Å². The van der Waals surface area contributed by atoms with Gasteiger partial charge in [0.05, 0.1) is 0 Å². The summed E-state index contributed by atoms with van der Waals surface area (Å²) >= 11 is 2.11. The van der Waals surface area contributed by atoms with E-state index in [2.05, 4.69) is 37.3 Å². The molecule has 84 valence electrons. The van der Waals surface area contributed by atoms with Gasteiger partial charge >= 0.3 is 0 Å². The molecule has 0 aliphatic heterocycles. The molecule has 7 heteroatoms. The average Bonchev–Trinajstić information content (AvgIpc) is 2.69. The van der Waals surface area contributed by atoms with Gasteiger partial charge in [0.15, 0.2) is 0 Å². The third-order valence-electron chi connectivity index (χ3n) is 1.80. The lowest BCUT2D eigenvalue weighted by Crippen LogP contribution is -2.14. The van der Waals surface area contributed by atoms with Crippen LogP contribution in [0.3, 0.4) is 0 Å². The topological polar surface area (TPSA) is 74.8 Å². The van der Waals surface area contributed by atoms with Gasteiger partial charge < -0.3 is 4.98 Å². The van der Waals surface area contributed by atoms with Crippen molar-refractivity contribution >= 4 is 38.3 Å². The molecule has 2 rings (SSSR count). The third kappa shape index (κ3) is 2.53. The highest BCUT2D eigenvalue weighted by molar-refractivity contribution is 14.1. The van der Waals surface area contributed by atoms with Gasteiger partial charge in [0, 0.05) is 21.7 Å². The maximum absolute atomic E-state index is 11.8. The Morgan fingerprint density at radius 3 is 2.81 bits per heavy atom. The van der Waals surface area contributed by atoms with Crippen LogP contribution in [0.1, 0.15) is 0 Å². The number of benzene rings is 1. The van der Waals surface area contributed by atoms with E-state index < -0.39 is 10.0 Å². The Kier molecular flexibility index (Phi) is 3.15. The summed E-state index contributed by atoms with van der Waals surface area (Å²) in [6.07, 6.45) is 2.85. The van der Waals surface area contributed by atoms with Crippen molar-refractivity contribution in [3.63, 3.8) is 0 Å². The number of halogens is 1. The number of nitrogens with zero attached hydrogens (tertiary/aromatic N) is 1. The predicted molar refractivity (Wildman–Crippen MR) is 68.6 cm³/mol. The molecule has 1 aromatic heterocycles. The average molecular weight is 349 g/mol. The first-order chi connectivity index (χ1) is 7.58. The van der Waals surface area contributed by atoms with E-state index in [1.165, 1.54) is 12.4 Å². The molecule has 2 N–H and O–H groups in total. The van der Waals surface area contributed by atoms with Gasteiger partial charge in [-0.05, 0) is 40.8 Å². The van der Waals surface area contributed by atoms with Crippen LogP contribution in [0.4, 0.5) is 5.69 Å². The highest BCUT2D eigenvalue weighted by atomic mass is 127. The van der Waals surface area contributed by atoms with Crippen LogP contribution in [0, 0.1) is 3.57 Å². The van der Waals surface area contributed by atoms with Crippen molar-refractivity contribution in [2.45, 2.75) is 5.16 Å². The van der Waals surface area contributed by atoms with Crippen LogP contribution in [0.15, 0.2) is 41.8 Å². The number of sulfonamides is 1. The smallest absolute Gasteiger partial charge is 0.295 e. The van der Waals surface area contributed by atoms with Crippen molar-refractivity contribution in [2.75, 3.05) is 4.72 Å². The van der Waals surface area contributed by atoms with Gasteiger partial charge in [-0.15, -0.1) is 0 Å². The fourth-order valence-electron chi connectivity index (χ4n) is 1.15. The Morgan fingerprint density at radius 2 is 2.19 bits per heavy atom. The lowest BCUT2D eigenvalue weighted by atomic mass is 10.3. The summed E-state index contributed by atoms with van der Waals surface area (Å²) in [5, 5.41) is -0.0913. The molecule has 16 heavy (non-hydrogen) atoms. The molecule has 0 saturated carbocycles. The van der Waals surface area contributed by atoms with Crippen molar-refractivity contribution in [3.8, 4) is 0 Å². The van der Waals surface area contributed by atoms with Crippen molar-refractivity contribution in [2.24, 2.45) is 0 Å². The molecule has 0 atom stereocenters. The molecule has 0 amide bonds. The maximum Gasteiger partial charge on any atom is 0.295 e. The second-order valence-electron chi connectivity index (χ2n) is 3.01. The van der Waals surface area contributed by atoms with Crippen LogP contribution in [-0.2, 0) is 10.0 Å². The largest absolute Gasteiger partial charge is 0.334 e. The molecule has 0 bridgehead atoms. The number of imidazole rings is 1. The summed E-state index contributed by atoms with van der Waals surface area (Å²) in [5.74, 6) is 0. The number of hydrogen-bond donors (Lipinski definition) is 2. The minimum absolute atomic E-state index is 0.0913. The van der Waals surface area contributed by atoms with Gasteiger partial charge in [-0.2, -0.15) is 8.42 Å². The molecule has 0 fully saturated rings. The molecule has 0 aliphatic rings. The summed E-state index contributed by atoms with van der Waals surface area (Å²) in [4.78, 5) is 6.25. The standard InChI is InChI=1S/C9H8IN3O2S/c10-7-2-1-3-8(6-7)13-16(14,15)9-11-4-5-12-9/h1-6,13H,(H,11,12). The molecule has 0 radical (unpaired) electrons. The third-order valence-corrected chi connectivity index (χ3v) is 3.71. The molecule has 2 aromatic rings. The van der Waals surface area contributed by atoms with Crippen LogP contribution < -0.4 is 4.72 Å². The lowest BCUT2D eigenvalue weighted by Gasteiger charge is -2.05. The highest BCUT2D eigenvalue weighted by Gasteiger charge is 2.16. The summed E-state index contributed by atoms with van der Waals surface area (Å²) in [7, 11) is -3.61. The van der Waals surface area contributed by atoms with E-state index in [1.807, 2.05) is 6.07 Å². The Balaban J connectivity index is 2.29. The Labute approximate surface area is 106 Å². The molecule has 0 spiro atoms. The Bertz CT molecular complexity index is 581. The minimum atomic E-state index is -3.61. The lowest BCUT2D eigenvalue weighted by molar-refractivity contribution is 0.594. The van der Waals surface area contributed by atoms with Crippen LogP contribution in [0.25, 0.3) is 0 Å². The molecular weight excluding hydrogens is 341 g/mol. The van der Waals surface area contributed by atoms with Gasteiger partial charge in [-0.25, -0.2) is 4.98 Å². The zero-order chi connectivity index (χ0) is 11.6. The van der Waals surface area contributed by atoms with Crippen molar-refractivity contribution in [1.82, 2.24) is 9.97 Å². The number of anilines is 1. The Hall–Kier alpha value is -1.09. The van der Waals surface area contributed by atoms with Crippen LogP contribution >= 0.6 is 22.6 Å². The summed E-state index contributed by atoms with van der Waals surface area (Å²) in [6, 6.07) is 7.08. The van der Waals surface area contributed by atoms with E-state index >= 15 is 0 Å². The molecular formula is C9H8IN3O2S. The van der Waals surface area contributed by atoms with Crippen molar-refractivity contribution in [1.29, 1.82) is 0 Å². The monoisotopic (exact) mass is 349 g/mol. The molecule has 1 heterocycles. The minimum Gasteiger partial charge on any atom is -0.334 e.